The lowest BCUT2D eigenvalue weighted by Crippen LogP contribution is -2.02. The van der Waals surface area contributed by atoms with Gasteiger partial charge in [0.15, 0.2) is 0 Å². The van der Waals surface area contributed by atoms with Gasteiger partial charge in [-0.25, -0.2) is 4.39 Å². The molecule has 0 amide bonds. The second-order valence-electron chi connectivity index (χ2n) is 5.44. The van der Waals surface area contributed by atoms with Crippen LogP contribution in [-0.4, -0.2) is 4.98 Å². The third-order valence-corrected chi connectivity index (χ3v) is 5.31. The van der Waals surface area contributed by atoms with Crippen LogP contribution in [0.3, 0.4) is 0 Å². The Bertz CT molecular complexity index is 823. The maximum atomic E-state index is 13.8. The highest BCUT2D eigenvalue weighted by Crippen LogP contribution is 2.35. The summed E-state index contributed by atoms with van der Waals surface area (Å²) in [5.74, 6) is -0.173. The zero-order valence-corrected chi connectivity index (χ0v) is 13.9. The molecule has 114 valence electrons. The Kier molecular flexibility index (Phi) is 4.12. The molecular weight excluding hydrogens is 295 g/mol. The van der Waals surface area contributed by atoms with Crippen LogP contribution in [0.1, 0.15) is 28.6 Å². The quantitative estimate of drug-likeness (QED) is 0.713. The Morgan fingerprint density at radius 1 is 1.23 bits per heavy atom. The lowest BCUT2D eigenvalue weighted by Gasteiger charge is -2.09. The monoisotopic (exact) mass is 314 g/mol. The maximum Gasteiger partial charge on any atom is 0.128 e. The normalized spacial score (nSPS) is 11.1. The van der Waals surface area contributed by atoms with Crippen molar-refractivity contribution in [3.8, 4) is 0 Å². The van der Waals surface area contributed by atoms with E-state index in [1.807, 2.05) is 25.1 Å². The van der Waals surface area contributed by atoms with Crippen molar-refractivity contribution < 1.29 is 4.39 Å². The van der Waals surface area contributed by atoms with Gasteiger partial charge in [0.25, 0.3) is 0 Å². The molecule has 0 aliphatic rings. The van der Waals surface area contributed by atoms with Crippen LogP contribution in [0.25, 0.3) is 10.2 Å². The first-order valence-electron chi connectivity index (χ1n) is 7.47. The predicted molar refractivity (Wildman–Crippen MR) is 92.2 cm³/mol. The van der Waals surface area contributed by atoms with E-state index in [1.54, 1.807) is 17.4 Å². The highest BCUT2D eigenvalue weighted by Gasteiger charge is 2.13. The van der Waals surface area contributed by atoms with Gasteiger partial charge in [-0.15, -0.1) is 11.3 Å². The van der Waals surface area contributed by atoms with E-state index in [1.165, 1.54) is 16.5 Å². The van der Waals surface area contributed by atoms with Crippen LogP contribution < -0.4 is 5.32 Å². The minimum Gasteiger partial charge on any atom is -0.380 e. The van der Waals surface area contributed by atoms with Crippen molar-refractivity contribution in [3.63, 3.8) is 0 Å². The van der Waals surface area contributed by atoms with Crippen molar-refractivity contribution in [3.05, 3.63) is 57.8 Å². The number of hydrogen-bond donors (Lipinski definition) is 1. The fourth-order valence-corrected chi connectivity index (χ4v) is 3.83. The van der Waals surface area contributed by atoms with Crippen LogP contribution >= 0.6 is 11.3 Å². The smallest absolute Gasteiger partial charge is 0.128 e. The summed E-state index contributed by atoms with van der Waals surface area (Å²) in [6, 6.07) is 8.92. The summed E-state index contributed by atoms with van der Waals surface area (Å²) >= 11 is 1.78. The lowest BCUT2D eigenvalue weighted by atomic mass is 10.1. The predicted octanol–water partition coefficient (Wildman–Crippen LogP) is 5.23. The molecular formula is C18H19FN2S. The number of aryl methyl sites for hydroxylation is 3. The number of pyridine rings is 1. The lowest BCUT2D eigenvalue weighted by molar-refractivity contribution is 0.613. The van der Waals surface area contributed by atoms with Crippen molar-refractivity contribution in [2.45, 2.75) is 33.7 Å². The maximum absolute atomic E-state index is 13.8. The fourth-order valence-electron chi connectivity index (χ4n) is 2.65. The molecule has 22 heavy (non-hydrogen) atoms. The average molecular weight is 314 g/mol. The molecule has 0 saturated carbocycles. The summed E-state index contributed by atoms with van der Waals surface area (Å²) in [4.78, 5) is 6.04. The molecule has 1 aromatic carbocycles. The summed E-state index contributed by atoms with van der Waals surface area (Å²) < 4.78 is 14.9. The van der Waals surface area contributed by atoms with Crippen molar-refractivity contribution in [2.24, 2.45) is 0 Å². The summed E-state index contributed by atoms with van der Waals surface area (Å²) in [7, 11) is 0. The van der Waals surface area contributed by atoms with E-state index in [9.17, 15) is 4.39 Å². The van der Waals surface area contributed by atoms with Gasteiger partial charge in [-0.3, -0.25) is 4.98 Å². The number of rotatable bonds is 4. The number of halogens is 1. The van der Waals surface area contributed by atoms with Crippen molar-refractivity contribution in [1.82, 2.24) is 4.98 Å². The van der Waals surface area contributed by atoms with Crippen LogP contribution in [0.15, 0.2) is 30.3 Å². The Labute approximate surface area is 134 Å². The Morgan fingerprint density at radius 3 is 2.73 bits per heavy atom. The zero-order valence-electron chi connectivity index (χ0n) is 13.0. The SMILES string of the molecule is CCc1sc2c(NCc3ccccc3F)cc(C)nc2c1C. The van der Waals surface area contributed by atoms with Crippen molar-refractivity contribution in [2.75, 3.05) is 5.32 Å². The zero-order chi connectivity index (χ0) is 15.7. The molecule has 4 heteroatoms. The molecule has 2 nitrogen and oxygen atoms in total. The van der Waals surface area contributed by atoms with Gasteiger partial charge >= 0.3 is 0 Å². The van der Waals surface area contributed by atoms with Crippen LogP contribution in [-0.2, 0) is 13.0 Å². The van der Waals surface area contributed by atoms with E-state index in [-0.39, 0.29) is 5.82 Å². The van der Waals surface area contributed by atoms with Crippen LogP contribution in [0, 0.1) is 19.7 Å². The Balaban J connectivity index is 1.98. The molecule has 0 bridgehead atoms. The van der Waals surface area contributed by atoms with Gasteiger partial charge in [0.05, 0.1) is 15.9 Å². The summed E-state index contributed by atoms with van der Waals surface area (Å²) in [6.07, 6.45) is 1.01. The molecule has 0 fully saturated rings. The van der Waals surface area contributed by atoms with Crippen molar-refractivity contribution >= 4 is 27.2 Å². The van der Waals surface area contributed by atoms with E-state index in [2.05, 4.69) is 24.1 Å². The molecule has 2 aromatic heterocycles. The number of benzene rings is 1. The number of aromatic nitrogens is 1. The standard InChI is InChI=1S/C18H19FN2S/c1-4-16-12(3)17-18(22-16)15(9-11(2)21-17)20-10-13-7-5-6-8-14(13)19/h5-9H,4,10H2,1-3H3,(H,20,21). The molecule has 0 aliphatic heterocycles. The highest BCUT2D eigenvalue weighted by atomic mass is 32.1. The minimum atomic E-state index is -0.173. The second kappa shape index (κ2) is 6.05. The first kappa shape index (κ1) is 15.0. The van der Waals surface area contributed by atoms with Crippen LogP contribution in [0.2, 0.25) is 0 Å². The van der Waals surface area contributed by atoms with Crippen molar-refractivity contribution in [1.29, 1.82) is 0 Å². The third kappa shape index (κ3) is 2.71. The van der Waals surface area contributed by atoms with E-state index in [4.69, 9.17) is 0 Å². The third-order valence-electron chi connectivity index (χ3n) is 3.85. The Morgan fingerprint density at radius 2 is 2.00 bits per heavy atom. The van der Waals surface area contributed by atoms with E-state index in [0.29, 0.717) is 12.1 Å². The fraction of sp³-hybridized carbons (Fsp3) is 0.278. The molecule has 0 spiro atoms. The van der Waals surface area contributed by atoms with Crippen LogP contribution in [0.5, 0.6) is 0 Å². The molecule has 2 heterocycles. The molecule has 0 aliphatic carbocycles. The molecule has 0 saturated heterocycles. The number of hydrogen-bond acceptors (Lipinski definition) is 3. The number of fused-ring (bicyclic) bond motifs is 1. The molecule has 0 atom stereocenters. The molecule has 3 rings (SSSR count). The average Bonchev–Trinajstić information content (AvgIpc) is 2.83. The van der Waals surface area contributed by atoms with Crippen LogP contribution in [0.4, 0.5) is 10.1 Å². The topological polar surface area (TPSA) is 24.9 Å². The van der Waals surface area contributed by atoms with E-state index < -0.39 is 0 Å². The number of nitrogens with one attached hydrogen (secondary N) is 1. The summed E-state index contributed by atoms with van der Waals surface area (Å²) in [5, 5.41) is 3.38. The first-order chi connectivity index (χ1) is 10.6. The Hall–Kier alpha value is -1.94. The number of thiophene rings is 1. The molecule has 0 unspecified atom stereocenters. The summed E-state index contributed by atoms with van der Waals surface area (Å²) in [5.41, 5.74) is 5.03. The van der Waals surface area contributed by atoms with Gasteiger partial charge in [-0.2, -0.15) is 0 Å². The van der Waals surface area contributed by atoms with Gasteiger partial charge in [0.1, 0.15) is 5.82 Å². The van der Waals surface area contributed by atoms with Gasteiger partial charge in [-0.05, 0) is 38.0 Å². The minimum absolute atomic E-state index is 0.173. The van der Waals surface area contributed by atoms with Gasteiger partial charge in [0, 0.05) is 22.7 Å². The molecule has 0 radical (unpaired) electrons. The van der Waals surface area contributed by atoms with E-state index in [0.717, 1.165) is 28.0 Å². The summed E-state index contributed by atoms with van der Waals surface area (Å²) in [6.45, 7) is 6.77. The van der Waals surface area contributed by atoms with E-state index >= 15 is 0 Å². The molecule has 1 N–H and O–H groups in total. The van der Waals surface area contributed by atoms with Gasteiger partial charge in [-0.1, -0.05) is 25.1 Å². The number of nitrogens with zero attached hydrogens (tertiary/aromatic N) is 1. The second-order valence-corrected chi connectivity index (χ2v) is 6.54. The number of anilines is 1. The van der Waals surface area contributed by atoms with Gasteiger partial charge in [0.2, 0.25) is 0 Å². The van der Waals surface area contributed by atoms with Gasteiger partial charge < -0.3 is 5.32 Å². The largest absolute Gasteiger partial charge is 0.380 e. The first-order valence-corrected chi connectivity index (χ1v) is 8.28. The highest BCUT2D eigenvalue weighted by molar-refractivity contribution is 7.19. The molecule has 3 aromatic rings.